The number of nitrogens with one attached hydrogen (secondary N) is 1. The van der Waals surface area contributed by atoms with Gasteiger partial charge in [-0.25, -0.2) is 0 Å². The van der Waals surface area contributed by atoms with Crippen LogP contribution in [0.15, 0.2) is 36.4 Å². The van der Waals surface area contributed by atoms with Crippen molar-refractivity contribution < 1.29 is 9.90 Å². The number of nitrogens with two attached hydrogens (primary N) is 1. The van der Waals surface area contributed by atoms with Gasteiger partial charge < -0.3 is 16.2 Å². The first-order chi connectivity index (χ1) is 10.0. The number of rotatable bonds is 4. The Morgan fingerprint density at radius 1 is 1.29 bits per heavy atom. The monoisotopic (exact) mass is 284 g/mol. The molecular formula is C17H20N2O2. The molecule has 0 heterocycles. The fourth-order valence-electron chi connectivity index (χ4n) is 2.24. The van der Waals surface area contributed by atoms with Gasteiger partial charge in [-0.1, -0.05) is 31.5 Å². The number of anilines is 2. The van der Waals surface area contributed by atoms with Crippen LogP contribution in [0.4, 0.5) is 11.4 Å². The summed E-state index contributed by atoms with van der Waals surface area (Å²) in [6, 6.07) is 10.5. The van der Waals surface area contributed by atoms with Crippen LogP contribution in [0.5, 0.6) is 5.75 Å². The van der Waals surface area contributed by atoms with E-state index in [0.29, 0.717) is 16.9 Å². The Hall–Kier alpha value is -2.49. The van der Waals surface area contributed by atoms with Crippen molar-refractivity contribution >= 4 is 17.3 Å². The van der Waals surface area contributed by atoms with Crippen LogP contribution in [0.25, 0.3) is 0 Å². The number of nitrogen functional groups attached to an aromatic ring is 1. The fraction of sp³-hybridized carbons (Fsp3) is 0.235. The summed E-state index contributed by atoms with van der Waals surface area (Å²) in [5, 5.41) is 12.5. The van der Waals surface area contributed by atoms with E-state index in [2.05, 4.69) is 12.2 Å². The predicted octanol–water partition coefficient (Wildman–Crippen LogP) is 3.49. The molecule has 0 aliphatic carbocycles. The standard InChI is InChI=1S/C17H20N2O2/c1-3-5-12-6-4-7-13(16(12)18)17(21)19-14-10-11(2)8-9-15(14)20/h4,6-10,20H,3,5,18H2,1-2H3,(H,19,21). The number of aryl methyl sites for hydroxylation is 2. The number of aromatic hydroxyl groups is 1. The molecule has 0 spiro atoms. The van der Waals surface area contributed by atoms with Gasteiger partial charge in [-0.2, -0.15) is 0 Å². The van der Waals surface area contributed by atoms with Crippen LogP contribution in [-0.4, -0.2) is 11.0 Å². The normalized spacial score (nSPS) is 10.4. The predicted molar refractivity (Wildman–Crippen MR) is 85.6 cm³/mol. The Bertz CT molecular complexity index is 666. The number of benzene rings is 2. The van der Waals surface area contributed by atoms with E-state index in [-0.39, 0.29) is 11.7 Å². The second kappa shape index (κ2) is 6.31. The molecule has 1 amide bonds. The molecule has 4 heteroatoms. The first-order valence-electron chi connectivity index (χ1n) is 7.01. The van der Waals surface area contributed by atoms with E-state index in [1.165, 1.54) is 0 Å². The largest absolute Gasteiger partial charge is 0.506 e. The van der Waals surface area contributed by atoms with Gasteiger partial charge in [-0.05, 0) is 42.7 Å². The lowest BCUT2D eigenvalue weighted by atomic mass is 10.0. The van der Waals surface area contributed by atoms with Crippen molar-refractivity contribution in [3.63, 3.8) is 0 Å². The molecule has 0 saturated heterocycles. The zero-order valence-electron chi connectivity index (χ0n) is 12.3. The molecule has 110 valence electrons. The summed E-state index contributed by atoms with van der Waals surface area (Å²) >= 11 is 0. The number of carbonyl (C=O) groups is 1. The Morgan fingerprint density at radius 3 is 2.76 bits per heavy atom. The highest BCUT2D eigenvalue weighted by molar-refractivity contribution is 6.08. The van der Waals surface area contributed by atoms with Gasteiger partial charge in [0, 0.05) is 5.69 Å². The Labute approximate surface area is 124 Å². The number of amides is 1. The molecule has 0 aliphatic heterocycles. The molecule has 4 nitrogen and oxygen atoms in total. The lowest BCUT2D eigenvalue weighted by Gasteiger charge is -2.12. The highest BCUT2D eigenvalue weighted by Crippen LogP contribution is 2.26. The molecule has 0 unspecified atom stereocenters. The molecule has 0 radical (unpaired) electrons. The summed E-state index contributed by atoms with van der Waals surface area (Å²) in [7, 11) is 0. The number of phenolic OH excluding ortho intramolecular Hbond substituents is 1. The van der Waals surface area contributed by atoms with Gasteiger partial charge in [0.05, 0.1) is 11.3 Å². The quantitative estimate of drug-likeness (QED) is 0.594. The van der Waals surface area contributed by atoms with Crippen LogP contribution in [0.3, 0.4) is 0 Å². The van der Waals surface area contributed by atoms with Crippen LogP contribution >= 0.6 is 0 Å². The van der Waals surface area contributed by atoms with E-state index in [1.54, 1.807) is 24.3 Å². The number of carbonyl (C=O) groups excluding carboxylic acids is 1. The van der Waals surface area contributed by atoms with Gasteiger partial charge in [-0.15, -0.1) is 0 Å². The van der Waals surface area contributed by atoms with E-state index in [1.807, 2.05) is 19.1 Å². The molecule has 0 fully saturated rings. The average Bonchev–Trinajstić information content (AvgIpc) is 2.45. The van der Waals surface area contributed by atoms with Gasteiger partial charge in [0.2, 0.25) is 0 Å². The maximum atomic E-state index is 12.4. The molecule has 4 N–H and O–H groups in total. The zero-order valence-corrected chi connectivity index (χ0v) is 12.3. The minimum absolute atomic E-state index is 0.0391. The molecule has 2 aromatic carbocycles. The van der Waals surface area contributed by atoms with E-state index >= 15 is 0 Å². The van der Waals surface area contributed by atoms with Gasteiger partial charge in [0.25, 0.3) is 5.91 Å². The third-order valence-corrected chi connectivity index (χ3v) is 3.36. The third kappa shape index (κ3) is 3.34. The maximum absolute atomic E-state index is 12.4. The Kier molecular flexibility index (Phi) is 4.48. The minimum Gasteiger partial charge on any atom is -0.506 e. The van der Waals surface area contributed by atoms with Gasteiger partial charge in [0.15, 0.2) is 0 Å². The second-order valence-corrected chi connectivity index (χ2v) is 5.10. The highest BCUT2D eigenvalue weighted by atomic mass is 16.3. The van der Waals surface area contributed by atoms with E-state index in [4.69, 9.17) is 5.73 Å². The smallest absolute Gasteiger partial charge is 0.257 e. The van der Waals surface area contributed by atoms with Crippen molar-refractivity contribution in [3.05, 3.63) is 53.1 Å². The van der Waals surface area contributed by atoms with Crippen molar-refractivity contribution in [1.29, 1.82) is 0 Å². The van der Waals surface area contributed by atoms with Crippen LogP contribution in [0.2, 0.25) is 0 Å². The van der Waals surface area contributed by atoms with Crippen molar-refractivity contribution in [1.82, 2.24) is 0 Å². The molecule has 0 atom stereocenters. The molecule has 2 aromatic rings. The minimum atomic E-state index is -0.314. The molecule has 21 heavy (non-hydrogen) atoms. The molecular weight excluding hydrogens is 264 g/mol. The third-order valence-electron chi connectivity index (χ3n) is 3.36. The van der Waals surface area contributed by atoms with Crippen LogP contribution in [0.1, 0.15) is 34.8 Å². The zero-order chi connectivity index (χ0) is 15.4. The van der Waals surface area contributed by atoms with E-state index in [9.17, 15) is 9.90 Å². The Morgan fingerprint density at radius 2 is 2.05 bits per heavy atom. The topological polar surface area (TPSA) is 75.3 Å². The number of phenols is 1. The van der Waals surface area contributed by atoms with Crippen molar-refractivity contribution in [2.45, 2.75) is 26.7 Å². The van der Waals surface area contributed by atoms with Crippen LogP contribution in [0, 0.1) is 6.92 Å². The molecule has 0 saturated carbocycles. The highest BCUT2D eigenvalue weighted by Gasteiger charge is 2.14. The number of hydrogen-bond donors (Lipinski definition) is 3. The van der Waals surface area contributed by atoms with E-state index in [0.717, 1.165) is 24.0 Å². The first kappa shape index (κ1) is 14.9. The summed E-state index contributed by atoms with van der Waals surface area (Å²) in [6.45, 7) is 3.96. The van der Waals surface area contributed by atoms with Crippen LogP contribution in [-0.2, 0) is 6.42 Å². The summed E-state index contributed by atoms with van der Waals surface area (Å²) in [5.74, 6) is -0.274. The SMILES string of the molecule is CCCc1cccc(C(=O)Nc2cc(C)ccc2O)c1N. The lowest BCUT2D eigenvalue weighted by Crippen LogP contribution is -2.15. The summed E-state index contributed by atoms with van der Waals surface area (Å²) in [6.07, 6.45) is 1.80. The second-order valence-electron chi connectivity index (χ2n) is 5.10. The number of hydrogen-bond acceptors (Lipinski definition) is 3. The first-order valence-corrected chi connectivity index (χ1v) is 7.01. The summed E-state index contributed by atoms with van der Waals surface area (Å²) < 4.78 is 0. The molecule has 2 rings (SSSR count). The lowest BCUT2D eigenvalue weighted by molar-refractivity contribution is 0.102. The Balaban J connectivity index is 2.28. The average molecular weight is 284 g/mol. The number of para-hydroxylation sites is 1. The molecule has 0 aliphatic rings. The molecule has 0 aromatic heterocycles. The van der Waals surface area contributed by atoms with Crippen molar-refractivity contribution in [2.24, 2.45) is 0 Å². The van der Waals surface area contributed by atoms with Gasteiger partial charge >= 0.3 is 0 Å². The van der Waals surface area contributed by atoms with Crippen molar-refractivity contribution in [3.8, 4) is 5.75 Å². The summed E-state index contributed by atoms with van der Waals surface area (Å²) in [5.41, 5.74) is 9.32. The molecule has 0 bridgehead atoms. The van der Waals surface area contributed by atoms with E-state index < -0.39 is 0 Å². The van der Waals surface area contributed by atoms with Crippen LogP contribution < -0.4 is 11.1 Å². The van der Waals surface area contributed by atoms with Gasteiger partial charge in [0.1, 0.15) is 5.75 Å². The fourth-order valence-corrected chi connectivity index (χ4v) is 2.24. The summed E-state index contributed by atoms with van der Waals surface area (Å²) in [4.78, 5) is 12.4. The van der Waals surface area contributed by atoms with Gasteiger partial charge in [-0.3, -0.25) is 4.79 Å². The van der Waals surface area contributed by atoms with Crippen molar-refractivity contribution in [2.75, 3.05) is 11.1 Å². The maximum Gasteiger partial charge on any atom is 0.257 e.